The molecule has 0 aliphatic carbocycles. The number of carbonyl (C=O) groups is 1. The largest absolute Gasteiger partial charge is 0.507 e. The molecule has 9 nitrogen and oxygen atoms in total. The van der Waals surface area contributed by atoms with Crippen molar-refractivity contribution in [1.82, 2.24) is 14.5 Å². The minimum atomic E-state index is -0.800. The van der Waals surface area contributed by atoms with E-state index in [4.69, 9.17) is 4.74 Å². The van der Waals surface area contributed by atoms with E-state index in [1.807, 2.05) is 0 Å². The van der Waals surface area contributed by atoms with Crippen LogP contribution in [-0.4, -0.2) is 62.9 Å². The molecule has 1 atom stereocenters. The van der Waals surface area contributed by atoms with Crippen LogP contribution in [0.15, 0.2) is 39.6 Å². The van der Waals surface area contributed by atoms with Gasteiger partial charge in [0.1, 0.15) is 30.0 Å². The summed E-state index contributed by atoms with van der Waals surface area (Å²) in [7, 11) is 0. The van der Waals surface area contributed by atoms with Gasteiger partial charge >= 0.3 is 5.69 Å². The van der Waals surface area contributed by atoms with Crippen molar-refractivity contribution < 1.29 is 24.1 Å². The fraction of sp³-hybridized carbons (Fsp3) is 0.391. The summed E-state index contributed by atoms with van der Waals surface area (Å²) in [6.07, 6.45) is 0.627. The fourth-order valence-electron chi connectivity index (χ4n) is 4.31. The van der Waals surface area contributed by atoms with E-state index in [1.165, 1.54) is 31.2 Å². The zero-order chi connectivity index (χ0) is 24.4. The third kappa shape index (κ3) is 5.43. The number of likely N-dealkylation sites (tertiary alicyclic amines) is 1. The normalized spacial score (nSPS) is 16.0. The topological polar surface area (TPSA) is 120 Å². The maximum atomic E-state index is 13.5. The van der Waals surface area contributed by atoms with Crippen molar-refractivity contribution in [2.24, 2.45) is 0 Å². The molecule has 0 unspecified atom stereocenters. The molecule has 1 aromatic heterocycles. The Balaban J connectivity index is 1.33. The van der Waals surface area contributed by atoms with Gasteiger partial charge in [0.15, 0.2) is 0 Å². The van der Waals surface area contributed by atoms with Gasteiger partial charge in [-0.3, -0.25) is 9.36 Å². The van der Waals surface area contributed by atoms with Gasteiger partial charge in [0, 0.05) is 38.7 Å². The number of phenols is 1. The van der Waals surface area contributed by atoms with Crippen molar-refractivity contribution in [2.75, 3.05) is 31.6 Å². The number of amides is 1. The van der Waals surface area contributed by atoms with Crippen LogP contribution in [0, 0.1) is 5.82 Å². The molecule has 1 amide bonds. The lowest BCUT2D eigenvalue weighted by Gasteiger charge is -2.33. The highest BCUT2D eigenvalue weighted by Crippen LogP contribution is 2.35. The Labute approximate surface area is 203 Å². The van der Waals surface area contributed by atoms with Gasteiger partial charge in [-0.15, -0.1) is 0 Å². The van der Waals surface area contributed by atoms with Crippen LogP contribution in [0.1, 0.15) is 25.8 Å². The number of aromatic hydroxyl groups is 1. The zero-order valence-corrected chi connectivity index (χ0v) is 20.1. The summed E-state index contributed by atoms with van der Waals surface area (Å²) in [6, 6.07) is 7.18. The summed E-state index contributed by atoms with van der Waals surface area (Å²) >= 11 is 3.20. The standard InChI is InChI=1S/C23H26BrFN4O5/c1-13(30)26-19-9-17(24)21(32)10-22(19)34-12-16(31)11-28-6-4-15(5-7-28)29-20-3-2-14(25)8-18(20)27-23(29)33/h2-3,8-10,15-16,31-32H,4-7,11-12H2,1H3,(H,26,30)(H,27,33)/t16-/m0/s1. The van der Waals surface area contributed by atoms with Crippen molar-refractivity contribution in [3.8, 4) is 11.5 Å². The van der Waals surface area contributed by atoms with Gasteiger partial charge in [-0.1, -0.05) is 0 Å². The highest BCUT2D eigenvalue weighted by atomic mass is 79.9. The summed E-state index contributed by atoms with van der Waals surface area (Å²) < 4.78 is 21.3. The van der Waals surface area contributed by atoms with E-state index in [0.717, 1.165) is 0 Å². The van der Waals surface area contributed by atoms with E-state index in [-0.39, 0.29) is 35.7 Å². The van der Waals surface area contributed by atoms with E-state index in [9.17, 15) is 24.2 Å². The first kappa shape index (κ1) is 24.2. The van der Waals surface area contributed by atoms with Gasteiger partial charge < -0.3 is 30.2 Å². The Bertz CT molecular complexity index is 1250. The first-order valence-corrected chi connectivity index (χ1v) is 11.7. The summed E-state index contributed by atoms with van der Waals surface area (Å²) in [5.41, 5.74) is 1.30. The van der Waals surface area contributed by atoms with E-state index in [0.29, 0.717) is 53.7 Å². The van der Waals surface area contributed by atoms with Crippen LogP contribution in [-0.2, 0) is 4.79 Å². The molecule has 1 fully saturated rings. The maximum Gasteiger partial charge on any atom is 0.326 e. The predicted molar refractivity (Wildman–Crippen MR) is 129 cm³/mol. The van der Waals surface area contributed by atoms with Gasteiger partial charge in [-0.25, -0.2) is 9.18 Å². The first-order valence-electron chi connectivity index (χ1n) is 10.9. The Morgan fingerprint density at radius 2 is 2.06 bits per heavy atom. The number of piperidine rings is 1. The monoisotopic (exact) mass is 536 g/mol. The number of H-pyrrole nitrogens is 1. The van der Waals surface area contributed by atoms with E-state index < -0.39 is 11.9 Å². The molecule has 3 aromatic rings. The smallest absolute Gasteiger partial charge is 0.326 e. The molecule has 2 heterocycles. The number of nitrogens with zero attached hydrogens (tertiary/aromatic N) is 2. The molecule has 0 bridgehead atoms. The van der Waals surface area contributed by atoms with Gasteiger partial charge in [0.05, 0.1) is 21.2 Å². The lowest BCUT2D eigenvalue weighted by atomic mass is 10.0. The van der Waals surface area contributed by atoms with E-state index in [2.05, 4.69) is 31.1 Å². The molecular formula is C23H26BrFN4O5. The molecule has 1 aliphatic rings. The number of rotatable bonds is 7. The highest BCUT2D eigenvalue weighted by Gasteiger charge is 2.25. The third-order valence-electron chi connectivity index (χ3n) is 5.86. The SMILES string of the molecule is CC(=O)Nc1cc(Br)c(O)cc1OC[C@@H](O)CN1CCC(n2c(=O)[nH]c3cc(F)ccc32)CC1. The molecule has 11 heteroatoms. The highest BCUT2D eigenvalue weighted by molar-refractivity contribution is 9.10. The van der Waals surface area contributed by atoms with E-state index in [1.54, 1.807) is 10.6 Å². The summed E-state index contributed by atoms with van der Waals surface area (Å²) in [6.45, 7) is 3.07. The molecule has 34 heavy (non-hydrogen) atoms. The molecule has 2 aromatic carbocycles. The molecule has 0 radical (unpaired) electrons. The average molecular weight is 537 g/mol. The molecule has 0 saturated carbocycles. The third-order valence-corrected chi connectivity index (χ3v) is 6.50. The number of ether oxygens (including phenoxy) is 1. The van der Waals surface area contributed by atoms with Crippen LogP contribution in [0.2, 0.25) is 0 Å². The number of aromatic amines is 1. The number of β-amino-alcohol motifs (C(OH)–C–C–N with tert-alkyl or cyclic N) is 1. The number of nitrogens with one attached hydrogen (secondary N) is 2. The molecule has 1 aliphatic heterocycles. The quantitative estimate of drug-likeness (QED) is 0.344. The number of anilines is 1. The summed E-state index contributed by atoms with van der Waals surface area (Å²) in [5, 5.41) is 23.1. The molecule has 4 rings (SSSR count). The number of aliphatic hydroxyl groups excluding tert-OH is 1. The molecule has 182 valence electrons. The number of phenolic OH excluding ortho intramolecular Hbond substituents is 1. The van der Waals surface area contributed by atoms with Gasteiger partial charge in [0.2, 0.25) is 5.91 Å². The van der Waals surface area contributed by atoms with Crippen molar-refractivity contribution in [2.45, 2.75) is 31.9 Å². The van der Waals surface area contributed by atoms with Crippen LogP contribution in [0.5, 0.6) is 11.5 Å². The number of fused-ring (bicyclic) bond motifs is 1. The van der Waals surface area contributed by atoms with Crippen LogP contribution in [0.25, 0.3) is 11.0 Å². The van der Waals surface area contributed by atoms with E-state index >= 15 is 0 Å². The van der Waals surface area contributed by atoms with Gasteiger partial charge in [0.25, 0.3) is 0 Å². The summed E-state index contributed by atoms with van der Waals surface area (Å²) in [4.78, 5) is 28.7. The fourth-order valence-corrected chi connectivity index (χ4v) is 4.66. The zero-order valence-electron chi connectivity index (χ0n) is 18.6. The number of carbonyl (C=O) groups excluding carboxylic acids is 1. The number of aromatic nitrogens is 2. The predicted octanol–water partition coefficient (Wildman–Crippen LogP) is 2.97. The number of hydrogen-bond donors (Lipinski definition) is 4. The molecular weight excluding hydrogens is 511 g/mol. The second kappa shape index (κ2) is 10.2. The van der Waals surface area contributed by atoms with Crippen molar-refractivity contribution in [3.05, 3.63) is 51.1 Å². The van der Waals surface area contributed by atoms with Crippen molar-refractivity contribution >= 4 is 38.6 Å². The Morgan fingerprint density at radius 3 is 2.76 bits per heavy atom. The minimum Gasteiger partial charge on any atom is -0.507 e. The molecule has 1 saturated heterocycles. The van der Waals surface area contributed by atoms with Gasteiger partial charge in [-0.2, -0.15) is 0 Å². The summed E-state index contributed by atoms with van der Waals surface area (Å²) in [5.74, 6) is -0.473. The average Bonchev–Trinajstić information content (AvgIpc) is 3.10. The van der Waals surface area contributed by atoms with Crippen molar-refractivity contribution in [1.29, 1.82) is 0 Å². The van der Waals surface area contributed by atoms with Crippen LogP contribution in [0.4, 0.5) is 10.1 Å². The first-order chi connectivity index (χ1) is 16.2. The van der Waals surface area contributed by atoms with Crippen LogP contribution < -0.4 is 15.7 Å². The number of benzene rings is 2. The Morgan fingerprint density at radius 1 is 1.32 bits per heavy atom. The number of halogens is 2. The lowest BCUT2D eigenvalue weighted by molar-refractivity contribution is -0.114. The second-order valence-corrected chi connectivity index (χ2v) is 9.29. The molecule has 4 N–H and O–H groups in total. The second-order valence-electron chi connectivity index (χ2n) is 8.44. The number of aliphatic hydroxyl groups is 1. The number of hydrogen-bond acceptors (Lipinski definition) is 6. The molecule has 0 spiro atoms. The Hall–Kier alpha value is -2.89. The van der Waals surface area contributed by atoms with Crippen molar-refractivity contribution in [3.63, 3.8) is 0 Å². The maximum absolute atomic E-state index is 13.5. The Kier molecular flexibility index (Phi) is 7.24. The van der Waals surface area contributed by atoms with Gasteiger partial charge in [-0.05, 0) is 53.0 Å². The lowest BCUT2D eigenvalue weighted by Crippen LogP contribution is -2.42. The van der Waals surface area contributed by atoms with Crippen LogP contribution in [0.3, 0.4) is 0 Å². The minimum absolute atomic E-state index is 0.0118. The van der Waals surface area contributed by atoms with Crippen LogP contribution >= 0.6 is 15.9 Å². The number of imidazole rings is 1.